The molecule has 5 aromatic rings. The smallest absolute Gasteiger partial charge is 0.415 e. The zero-order valence-electron chi connectivity index (χ0n) is 27.0. The fourth-order valence-corrected chi connectivity index (χ4v) is 4.80. The van der Waals surface area contributed by atoms with E-state index in [1.165, 1.54) is 0 Å². The Morgan fingerprint density at radius 2 is 1.64 bits per heavy atom. The summed E-state index contributed by atoms with van der Waals surface area (Å²) in [7, 11) is 0. The number of imidazole rings is 1. The van der Waals surface area contributed by atoms with Crippen molar-refractivity contribution in [2.45, 2.75) is 33.0 Å². The third kappa shape index (κ3) is 9.87. The van der Waals surface area contributed by atoms with Gasteiger partial charge in [-0.1, -0.05) is 84.9 Å². The fourth-order valence-electron chi connectivity index (χ4n) is 4.80. The van der Waals surface area contributed by atoms with Gasteiger partial charge in [-0.05, 0) is 56.2 Å². The van der Waals surface area contributed by atoms with E-state index in [9.17, 15) is 9.59 Å². The summed E-state index contributed by atoms with van der Waals surface area (Å²) in [6.45, 7) is 6.96. The third-order valence-corrected chi connectivity index (χ3v) is 6.97. The van der Waals surface area contributed by atoms with E-state index in [2.05, 4.69) is 10.3 Å². The molecule has 9 nitrogen and oxygen atoms in total. The Bertz CT molecular complexity index is 1800. The summed E-state index contributed by atoms with van der Waals surface area (Å²) in [4.78, 5) is 32.1. The molecule has 3 aromatic carbocycles. The van der Waals surface area contributed by atoms with E-state index in [0.717, 1.165) is 22.4 Å². The van der Waals surface area contributed by atoms with Crippen LogP contribution in [0.5, 0.6) is 0 Å². The zero-order valence-corrected chi connectivity index (χ0v) is 27.0. The van der Waals surface area contributed by atoms with Gasteiger partial charge >= 0.3 is 6.09 Å². The molecule has 0 aliphatic rings. The maximum atomic E-state index is 13.4. The lowest BCUT2D eigenvalue weighted by Gasteiger charge is -2.27. The number of rotatable bonds is 13. The normalized spacial score (nSPS) is 11.6. The SMILES string of the molecule is CC(C)(C)OC(=O)N(C/C=C/c1ccccc1)c1ccc2ncc(-c3cccc(NC(=O)COCCOCc4ccccc4)c3)n2c1. The monoisotopic (exact) mass is 632 g/mol. The number of carbonyl (C=O) groups excluding carboxylic acids is 2. The van der Waals surface area contributed by atoms with Crippen molar-refractivity contribution in [1.29, 1.82) is 0 Å². The summed E-state index contributed by atoms with van der Waals surface area (Å²) in [6.07, 6.45) is 7.10. The van der Waals surface area contributed by atoms with Crippen molar-refractivity contribution in [3.05, 3.63) is 127 Å². The molecule has 0 saturated heterocycles. The lowest BCUT2D eigenvalue weighted by atomic mass is 10.1. The van der Waals surface area contributed by atoms with E-state index in [-0.39, 0.29) is 12.5 Å². The number of ether oxygens (including phenoxy) is 3. The molecule has 0 aliphatic heterocycles. The summed E-state index contributed by atoms with van der Waals surface area (Å²) < 4.78 is 18.8. The summed E-state index contributed by atoms with van der Waals surface area (Å²) >= 11 is 0. The number of anilines is 2. The van der Waals surface area contributed by atoms with Crippen molar-refractivity contribution < 1.29 is 23.8 Å². The molecule has 47 heavy (non-hydrogen) atoms. The largest absolute Gasteiger partial charge is 0.443 e. The number of hydrogen-bond acceptors (Lipinski definition) is 6. The van der Waals surface area contributed by atoms with Crippen LogP contribution in [0.4, 0.5) is 16.2 Å². The van der Waals surface area contributed by atoms with Gasteiger partial charge in [0.25, 0.3) is 0 Å². The topological polar surface area (TPSA) is 94.4 Å². The Morgan fingerprint density at radius 3 is 2.40 bits per heavy atom. The molecule has 5 rings (SSSR count). The van der Waals surface area contributed by atoms with E-state index in [0.29, 0.717) is 43.4 Å². The lowest BCUT2D eigenvalue weighted by Crippen LogP contribution is -2.37. The second-order valence-corrected chi connectivity index (χ2v) is 11.9. The average molecular weight is 633 g/mol. The Kier molecular flexibility index (Phi) is 11.2. The summed E-state index contributed by atoms with van der Waals surface area (Å²) in [6, 6.07) is 31.0. The number of carbonyl (C=O) groups is 2. The molecule has 0 unspecified atom stereocenters. The molecule has 0 fully saturated rings. The number of hydrogen-bond donors (Lipinski definition) is 1. The molecule has 1 N–H and O–H groups in total. The predicted octanol–water partition coefficient (Wildman–Crippen LogP) is 7.63. The van der Waals surface area contributed by atoms with Gasteiger partial charge in [0, 0.05) is 24.0 Å². The van der Waals surface area contributed by atoms with E-state index in [4.69, 9.17) is 14.2 Å². The van der Waals surface area contributed by atoms with Crippen LogP contribution in [-0.2, 0) is 25.6 Å². The van der Waals surface area contributed by atoms with Gasteiger partial charge in [0.1, 0.15) is 17.9 Å². The molecule has 242 valence electrons. The first-order valence-corrected chi connectivity index (χ1v) is 15.5. The molecule has 0 bridgehead atoms. The van der Waals surface area contributed by atoms with Crippen molar-refractivity contribution >= 4 is 35.1 Å². The highest BCUT2D eigenvalue weighted by Crippen LogP contribution is 2.27. The fraction of sp³-hybridized carbons (Fsp3) is 0.237. The number of aromatic nitrogens is 2. The van der Waals surface area contributed by atoms with Gasteiger partial charge in [-0.3, -0.25) is 14.1 Å². The minimum Gasteiger partial charge on any atom is -0.443 e. The molecular weight excluding hydrogens is 592 g/mol. The van der Waals surface area contributed by atoms with Gasteiger partial charge in [0.2, 0.25) is 5.91 Å². The van der Waals surface area contributed by atoms with E-state index < -0.39 is 11.7 Å². The van der Waals surface area contributed by atoms with Gasteiger partial charge in [0.05, 0.1) is 37.4 Å². The average Bonchev–Trinajstić information content (AvgIpc) is 3.48. The zero-order chi connectivity index (χ0) is 33.1. The van der Waals surface area contributed by atoms with Crippen LogP contribution in [0.15, 0.2) is 116 Å². The molecule has 9 heteroatoms. The third-order valence-electron chi connectivity index (χ3n) is 6.97. The molecule has 0 aliphatic carbocycles. The highest BCUT2D eigenvalue weighted by atomic mass is 16.6. The van der Waals surface area contributed by atoms with Gasteiger partial charge < -0.3 is 19.5 Å². The van der Waals surface area contributed by atoms with Gasteiger partial charge in [-0.15, -0.1) is 0 Å². The number of fused-ring (bicyclic) bond motifs is 1. The standard InChI is InChI=1S/C38H40N4O5/c1-38(2,3)47-37(44)41(21-11-16-29-12-6-4-7-13-29)33-19-20-35-39-25-34(42(35)26-33)31-17-10-18-32(24-31)40-36(43)28-46-23-22-45-27-30-14-8-5-9-15-30/h4-20,24-26H,21-23,27-28H2,1-3H3,(H,40,43)/b16-11+. The molecular formula is C38H40N4O5. The van der Waals surface area contributed by atoms with Crippen LogP contribution < -0.4 is 10.2 Å². The van der Waals surface area contributed by atoms with Crippen LogP contribution in [0.3, 0.4) is 0 Å². The minimum atomic E-state index is -0.658. The Balaban J connectivity index is 1.25. The molecule has 0 spiro atoms. The van der Waals surface area contributed by atoms with Crippen LogP contribution in [0.1, 0.15) is 31.9 Å². The minimum absolute atomic E-state index is 0.0862. The van der Waals surface area contributed by atoms with Gasteiger partial charge in [-0.2, -0.15) is 0 Å². The van der Waals surface area contributed by atoms with Crippen molar-refractivity contribution in [2.24, 2.45) is 0 Å². The first-order valence-electron chi connectivity index (χ1n) is 15.5. The van der Waals surface area contributed by atoms with Crippen LogP contribution in [0, 0.1) is 0 Å². The summed E-state index contributed by atoms with van der Waals surface area (Å²) in [5.41, 5.74) is 5.10. The number of amides is 2. The number of nitrogens with one attached hydrogen (secondary N) is 1. The van der Waals surface area contributed by atoms with Crippen molar-refractivity contribution in [3.8, 4) is 11.3 Å². The molecule has 2 amide bonds. The van der Waals surface area contributed by atoms with Crippen molar-refractivity contribution in [2.75, 3.05) is 36.6 Å². The summed E-state index contributed by atoms with van der Waals surface area (Å²) in [5, 5.41) is 2.90. The van der Waals surface area contributed by atoms with Crippen molar-refractivity contribution in [3.63, 3.8) is 0 Å². The van der Waals surface area contributed by atoms with Gasteiger partial charge in [0.15, 0.2) is 0 Å². The van der Waals surface area contributed by atoms with Crippen LogP contribution in [0.2, 0.25) is 0 Å². The number of nitrogens with zero attached hydrogens (tertiary/aromatic N) is 3. The Labute approximate surface area is 275 Å². The maximum absolute atomic E-state index is 13.4. The molecule has 0 saturated carbocycles. The molecule has 2 aromatic heterocycles. The molecule has 0 atom stereocenters. The highest BCUT2D eigenvalue weighted by Gasteiger charge is 2.23. The van der Waals surface area contributed by atoms with Crippen LogP contribution in [-0.4, -0.2) is 53.4 Å². The highest BCUT2D eigenvalue weighted by molar-refractivity contribution is 5.92. The second kappa shape index (κ2) is 15.8. The second-order valence-electron chi connectivity index (χ2n) is 11.9. The summed E-state index contributed by atoms with van der Waals surface area (Å²) in [5.74, 6) is -0.262. The molecule has 2 heterocycles. The van der Waals surface area contributed by atoms with Crippen molar-refractivity contribution in [1.82, 2.24) is 9.38 Å². The van der Waals surface area contributed by atoms with Crippen LogP contribution >= 0.6 is 0 Å². The van der Waals surface area contributed by atoms with Crippen LogP contribution in [0.25, 0.3) is 23.0 Å². The van der Waals surface area contributed by atoms with E-state index in [1.807, 2.05) is 141 Å². The number of pyridine rings is 1. The quantitative estimate of drug-likeness (QED) is 0.134. The first kappa shape index (κ1) is 33.1. The van der Waals surface area contributed by atoms with E-state index in [1.54, 1.807) is 11.1 Å². The Hall–Kier alpha value is -5.25. The maximum Gasteiger partial charge on any atom is 0.415 e. The van der Waals surface area contributed by atoms with E-state index >= 15 is 0 Å². The number of benzene rings is 3. The van der Waals surface area contributed by atoms with Gasteiger partial charge in [-0.25, -0.2) is 9.78 Å². The lowest BCUT2D eigenvalue weighted by molar-refractivity contribution is -0.121. The predicted molar refractivity (Wildman–Crippen MR) is 185 cm³/mol. The molecule has 0 radical (unpaired) electrons. The Morgan fingerprint density at radius 1 is 0.894 bits per heavy atom. The first-order chi connectivity index (χ1) is 22.7.